The lowest BCUT2D eigenvalue weighted by Crippen LogP contribution is -2.11. The molecule has 160 valence electrons. The minimum atomic E-state index is 0.160. The van der Waals surface area contributed by atoms with Crippen molar-refractivity contribution in [3.8, 4) is 0 Å². The highest BCUT2D eigenvalue weighted by Gasteiger charge is 2.15. The molecule has 0 bridgehead atoms. The largest absolute Gasteiger partial charge is 0.312 e. The predicted molar refractivity (Wildman–Crippen MR) is 143 cm³/mol. The summed E-state index contributed by atoms with van der Waals surface area (Å²) in [6, 6.07) is 37.5. The number of hydrogen-bond donors (Lipinski definition) is 1. The van der Waals surface area contributed by atoms with E-state index in [1.165, 1.54) is 10.8 Å². The first-order chi connectivity index (χ1) is 16.2. The Morgan fingerprint density at radius 1 is 0.636 bits per heavy atom. The molecular weight excluding hydrogens is 470 g/mol. The molecule has 0 saturated carbocycles. The summed E-state index contributed by atoms with van der Waals surface area (Å²) in [6.45, 7) is 0.160. The smallest absolute Gasteiger partial charge is 0.156 e. The monoisotopic (exact) mass is 491 g/mol. The first kappa shape index (κ1) is 21.3. The van der Waals surface area contributed by atoms with Gasteiger partial charge in [-0.05, 0) is 33.7 Å². The highest BCUT2D eigenvalue weighted by molar-refractivity contribution is 9.10. The second-order valence-corrected chi connectivity index (χ2v) is 8.60. The molecule has 0 radical (unpaired) electrons. The van der Waals surface area contributed by atoms with Gasteiger partial charge in [0.2, 0.25) is 0 Å². The summed E-state index contributed by atoms with van der Waals surface area (Å²) in [4.78, 5) is 9.74. The Kier molecular flexibility index (Phi) is 6.11. The Bertz CT molecular complexity index is 1410. The molecule has 0 aliphatic heterocycles. The van der Waals surface area contributed by atoms with Crippen molar-refractivity contribution >= 4 is 49.0 Å². The van der Waals surface area contributed by atoms with Crippen molar-refractivity contribution < 1.29 is 0 Å². The highest BCUT2D eigenvalue weighted by Crippen LogP contribution is 2.27. The molecule has 0 atom stereocenters. The van der Waals surface area contributed by atoms with Gasteiger partial charge in [-0.3, -0.25) is 4.99 Å². The van der Waals surface area contributed by atoms with Crippen LogP contribution in [0.4, 0.5) is 0 Å². The summed E-state index contributed by atoms with van der Waals surface area (Å²) in [5, 5.41) is 4.64. The maximum absolute atomic E-state index is 5.86. The van der Waals surface area contributed by atoms with Crippen LogP contribution in [0.2, 0.25) is 0 Å². The Balaban J connectivity index is 1.82. The van der Waals surface area contributed by atoms with Crippen LogP contribution in [0.3, 0.4) is 0 Å². The van der Waals surface area contributed by atoms with E-state index in [0.29, 0.717) is 5.84 Å². The maximum atomic E-state index is 5.86. The summed E-state index contributed by atoms with van der Waals surface area (Å²) in [5.74, 6) is 0.612. The van der Waals surface area contributed by atoms with Crippen LogP contribution >= 0.6 is 15.9 Å². The van der Waals surface area contributed by atoms with Crippen LogP contribution in [0, 0.1) is 0 Å². The van der Waals surface area contributed by atoms with Crippen LogP contribution in [-0.4, -0.2) is 18.2 Å². The second kappa shape index (κ2) is 9.49. The van der Waals surface area contributed by atoms with Gasteiger partial charge < -0.3 is 5.73 Å². The number of halogens is 1. The first-order valence-corrected chi connectivity index (χ1v) is 11.6. The van der Waals surface area contributed by atoms with Gasteiger partial charge >= 0.3 is 0 Å². The van der Waals surface area contributed by atoms with Crippen molar-refractivity contribution in [3.05, 3.63) is 130 Å². The summed E-state index contributed by atoms with van der Waals surface area (Å²) >= 11 is 3.51. The van der Waals surface area contributed by atoms with Gasteiger partial charge in [0.05, 0.1) is 12.4 Å². The van der Waals surface area contributed by atoms with Gasteiger partial charge in [-0.1, -0.05) is 113 Å². The number of rotatable bonds is 4. The number of nitrogens with zero attached hydrogens (tertiary/aromatic N) is 2. The molecule has 0 aliphatic rings. The van der Waals surface area contributed by atoms with E-state index in [-0.39, 0.29) is 6.67 Å². The van der Waals surface area contributed by atoms with Gasteiger partial charge in [0, 0.05) is 21.2 Å². The number of hydrogen-bond acceptors (Lipinski definition) is 2. The van der Waals surface area contributed by atoms with Crippen LogP contribution < -0.4 is 5.73 Å². The normalized spacial score (nSPS) is 11.6. The average Bonchev–Trinajstić information content (AvgIpc) is 2.87. The molecule has 0 spiro atoms. The zero-order valence-corrected chi connectivity index (χ0v) is 19.5. The minimum absolute atomic E-state index is 0.160. The zero-order valence-electron chi connectivity index (χ0n) is 17.9. The Morgan fingerprint density at radius 2 is 1.15 bits per heavy atom. The molecule has 33 heavy (non-hydrogen) atoms. The van der Waals surface area contributed by atoms with Crippen molar-refractivity contribution in [3.63, 3.8) is 0 Å². The third-order valence-electron chi connectivity index (χ3n) is 5.65. The van der Waals surface area contributed by atoms with Gasteiger partial charge in [0.25, 0.3) is 0 Å². The van der Waals surface area contributed by atoms with E-state index in [0.717, 1.165) is 37.6 Å². The van der Waals surface area contributed by atoms with Gasteiger partial charge in [0.1, 0.15) is 0 Å². The van der Waals surface area contributed by atoms with Crippen LogP contribution in [0.5, 0.6) is 0 Å². The van der Waals surface area contributed by atoms with Crippen molar-refractivity contribution in [2.75, 3.05) is 6.67 Å². The molecule has 3 nitrogen and oxygen atoms in total. The second-order valence-electron chi connectivity index (χ2n) is 7.69. The number of benzene rings is 5. The van der Waals surface area contributed by atoms with Crippen molar-refractivity contribution in [1.82, 2.24) is 0 Å². The van der Waals surface area contributed by atoms with Crippen molar-refractivity contribution in [1.29, 1.82) is 0 Å². The van der Waals surface area contributed by atoms with Gasteiger partial charge in [0.15, 0.2) is 5.84 Å². The minimum Gasteiger partial charge on any atom is -0.312 e. The SMILES string of the molecule is NC/N=C(\N=C(c1cccc2ccccc12)c1cccc2ccccc12)c1ccc(Br)cc1. The van der Waals surface area contributed by atoms with Gasteiger partial charge in [-0.15, -0.1) is 0 Å². The molecule has 2 N–H and O–H groups in total. The predicted octanol–water partition coefficient (Wildman–Crippen LogP) is 6.96. The lowest BCUT2D eigenvalue weighted by atomic mass is 9.93. The number of nitrogens with two attached hydrogens (primary N) is 1. The number of fused-ring (bicyclic) bond motifs is 2. The van der Waals surface area contributed by atoms with Crippen LogP contribution in [0.25, 0.3) is 21.5 Å². The van der Waals surface area contributed by atoms with E-state index in [9.17, 15) is 0 Å². The molecule has 5 aromatic rings. The third kappa shape index (κ3) is 4.36. The Morgan fingerprint density at radius 3 is 1.70 bits per heavy atom. The molecule has 0 heterocycles. The van der Waals surface area contributed by atoms with Gasteiger partial charge in [-0.2, -0.15) is 0 Å². The Labute approximate surface area is 201 Å². The highest BCUT2D eigenvalue weighted by atomic mass is 79.9. The summed E-state index contributed by atoms with van der Waals surface area (Å²) < 4.78 is 1.01. The molecule has 0 unspecified atom stereocenters. The van der Waals surface area contributed by atoms with E-state index >= 15 is 0 Å². The van der Waals surface area contributed by atoms with E-state index in [1.807, 2.05) is 24.3 Å². The molecule has 5 rings (SSSR count). The molecule has 0 amide bonds. The molecular formula is C29H22BrN3. The van der Waals surface area contributed by atoms with E-state index < -0.39 is 0 Å². The lowest BCUT2D eigenvalue weighted by Gasteiger charge is -2.14. The fraction of sp³-hybridized carbons (Fsp3) is 0.0345. The molecule has 0 saturated heterocycles. The van der Waals surface area contributed by atoms with Crippen LogP contribution in [0.15, 0.2) is 124 Å². The standard InChI is InChI=1S/C29H22BrN3/c30-23-17-15-22(16-18-23)29(32-19-31)33-28(26-13-5-9-20-7-1-3-11-24(20)26)27-14-6-10-21-8-2-4-12-25(21)27/h1-18H,19,31H2/b32-29-. The molecule has 4 heteroatoms. The summed E-state index contributed by atoms with van der Waals surface area (Å²) in [5.41, 5.74) is 9.78. The van der Waals surface area contributed by atoms with E-state index in [1.54, 1.807) is 0 Å². The van der Waals surface area contributed by atoms with Crippen LogP contribution in [-0.2, 0) is 0 Å². The summed E-state index contributed by atoms with van der Waals surface area (Å²) in [7, 11) is 0. The zero-order chi connectivity index (χ0) is 22.6. The Hall–Kier alpha value is -3.60. The topological polar surface area (TPSA) is 50.7 Å². The van der Waals surface area contributed by atoms with Crippen LogP contribution in [0.1, 0.15) is 16.7 Å². The number of amidine groups is 1. The van der Waals surface area contributed by atoms with Gasteiger partial charge in [-0.25, -0.2) is 4.99 Å². The average molecular weight is 492 g/mol. The molecule has 0 aliphatic carbocycles. The third-order valence-corrected chi connectivity index (χ3v) is 6.18. The first-order valence-electron chi connectivity index (χ1n) is 10.8. The molecule has 0 fully saturated rings. The molecule has 0 aromatic heterocycles. The molecule has 5 aromatic carbocycles. The fourth-order valence-electron chi connectivity index (χ4n) is 4.11. The van der Waals surface area contributed by atoms with Crippen molar-refractivity contribution in [2.45, 2.75) is 0 Å². The number of aliphatic imine (C=N–C) groups is 2. The maximum Gasteiger partial charge on any atom is 0.156 e. The van der Waals surface area contributed by atoms with E-state index in [4.69, 9.17) is 10.7 Å². The van der Waals surface area contributed by atoms with E-state index in [2.05, 4.69) is 106 Å². The van der Waals surface area contributed by atoms with Crippen molar-refractivity contribution in [2.24, 2.45) is 15.7 Å². The fourth-order valence-corrected chi connectivity index (χ4v) is 4.38. The lowest BCUT2D eigenvalue weighted by molar-refractivity contribution is 1.06. The quantitative estimate of drug-likeness (QED) is 0.214. The summed E-state index contributed by atoms with van der Waals surface area (Å²) in [6.07, 6.45) is 0.